The second-order valence-electron chi connectivity index (χ2n) is 6.61. The van der Waals surface area contributed by atoms with Gasteiger partial charge in [-0.25, -0.2) is 4.98 Å². The molecule has 2 N–H and O–H groups in total. The fourth-order valence-corrected chi connectivity index (χ4v) is 3.07. The number of aromatic nitrogens is 2. The molecular weight excluding hydrogens is 392 g/mol. The SMILES string of the molecule is CN=C(NCCc1cn2cccc(C)c2n1)NCc1cc(OC)ccc1OC(F)F. The summed E-state index contributed by atoms with van der Waals surface area (Å²) in [5.41, 5.74) is 3.56. The van der Waals surface area contributed by atoms with E-state index in [-0.39, 0.29) is 12.3 Å². The molecule has 2 aromatic heterocycles. The molecule has 0 saturated carbocycles. The minimum absolute atomic E-state index is 0.0915. The number of aliphatic imine (C=N–C) groups is 1. The number of guanidine groups is 1. The maximum absolute atomic E-state index is 12.7. The quantitative estimate of drug-likeness (QED) is 0.435. The number of hydrogen-bond acceptors (Lipinski definition) is 4. The molecule has 1 aromatic carbocycles. The molecule has 0 aliphatic heterocycles. The lowest BCUT2D eigenvalue weighted by molar-refractivity contribution is -0.0504. The van der Waals surface area contributed by atoms with Crippen LogP contribution in [0.25, 0.3) is 5.65 Å². The van der Waals surface area contributed by atoms with Crippen LogP contribution >= 0.6 is 0 Å². The summed E-state index contributed by atoms with van der Waals surface area (Å²) in [4.78, 5) is 8.82. The number of benzene rings is 1. The van der Waals surface area contributed by atoms with E-state index in [0.717, 1.165) is 16.9 Å². The van der Waals surface area contributed by atoms with Crippen molar-refractivity contribution in [3.63, 3.8) is 0 Å². The van der Waals surface area contributed by atoms with Crippen molar-refractivity contribution < 1.29 is 18.3 Å². The maximum atomic E-state index is 12.7. The van der Waals surface area contributed by atoms with Crippen molar-refractivity contribution in [3.05, 3.63) is 59.5 Å². The van der Waals surface area contributed by atoms with Crippen LogP contribution in [-0.4, -0.2) is 42.7 Å². The van der Waals surface area contributed by atoms with Gasteiger partial charge in [0.25, 0.3) is 0 Å². The molecule has 0 saturated heterocycles. The average molecular weight is 417 g/mol. The highest BCUT2D eigenvalue weighted by atomic mass is 19.3. The summed E-state index contributed by atoms with van der Waals surface area (Å²) in [6.45, 7) is -0.0162. The summed E-state index contributed by atoms with van der Waals surface area (Å²) in [5, 5.41) is 6.31. The number of imidazole rings is 1. The van der Waals surface area contributed by atoms with Gasteiger partial charge in [0.1, 0.15) is 17.1 Å². The van der Waals surface area contributed by atoms with Gasteiger partial charge < -0.3 is 24.5 Å². The number of ether oxygens (including phenoxy) is 2. The zero-order valence-electron chi connectivity index (χ0n) is 17.2. The van der Waals surface area contributed by atoms with Gasteiger partial charge in [-0.15, -0.1) is 0 Å². The summed E-state index contributed by atoms with van der Waals surface area (Å²) < 4.78 is 37.1. The van der Waals surface area contributed by atoms with Gasteiger partial charge >= 0.3 is 6.61 Å². The molecule has 9 heteroatoms. The molecule has 0 unspecified atom stereocenters. The van der Waals surface area contributed by atoms with Crippen LogP contribution in [0.4, 0.5) is 8.78 Å². The number of fused-ring (bicyclic) bond motifs is 1. The van der Waals surface area contributed by atoms with E-state index in [9.17, 15) is 8.78 Å². The van der Waals surface area contributed by atoms with Crippen LogP contribution in [0.3, 0.4) is 0 Å². The fourth-order valence-electron chi connectivity index (χ4n) is 3.07. The van der Waals surface area contributed by atoms with E-state index < -0.39 is 6.61 Å². The number of rotatable bonds is 8. The lowest BCUT2D eigenvalue weighted by atomic mass is 10.2. The van der Waals surface area contributed by atoms with E-state index in [4.69, 9.17) is 4.74 Å². The first-order valence-electron chi connectivity index (χ1n) is 9.49. The van der Waals surface area contributed by atoms with Crippen molar-refractivity contribution in [2.75, 3.05) is 20.7 Å². The van der Waals surface area contributed by atoms with Gasteiger partial charge in [-0.05, 0) is 36.8 Å². The standard InChI is InChI=1S/C21H25F2N5O2/c1-14-5-4-10-28-13-16(27-19(14)28)8-9-25-21(24-2)26-12-15-11-17(29-3)6-7-18(15)30-20(22)23/h4-7,10-11,13,20H,8-9,12H2,1-3H3,(H2,24,25,26). The van der Waals surface area contributed by atoms with Gasteiger partial charge in [-0.3, -0.25) is 4.99 Å². The highest BCUT2D eigenvalue weighted by molar-refractivity contribution is 5.79. The second-order valence-corrected chi connectivity index (χ2v) is 6.61. The Labute approximate surface area is 173 Å². The van der Waals surface area contributed by atoms with Crippen molar-refractivity contribution in [2.45, 2.75) is 26.5 Å². The number of methoxy groups -OCH3 is 1. The fraction of sp³-hybridized carbons (Fsp3) is 0.333. The first-order valence-corrected chi connectivity index (χ1v) is 9.49. The maximum Gasteiger partial charge on any atom is 0.387 e. The predicted octanol–water partition coefficient (Wildman–Crippen LogP) is 3.16. The number of alkyl halides is 2. The topological polar surface area (TPSA) is 72.2 Å². The van der Waals surface area contributed by atoms with Crippen LogP contribution in [-0.2, 0) is 13.0 Å². The summed E-state index contributed by atoms with van der Waals surface area (Å²) in [5.74, 6) is 1.19. The van der Waals surface area contributed by atoms with E-state index in [1.165, 1.54) is 13.2 Å². The largest absolute Gasteiger partial charge is 0.497 e. The van der Waals surface area contributed by atoms with Gasteiger partial charge in [0.15, 0.2) is 5.96 Å². The average Bonchev–Trinajstić information content (AvgIpc) is 3.15. The van der Waals surface area contributed by atoms with Crippen molar-refractivity contribution in [3.8, 4) is 11.5 Å². The first-order chi connectivity index (χ1) is 14.5. The van der Waals surface area contributed by atoms with Gasteiger partial charge in [0.2, 0.25) is 0 Å². The molecule has 0 spiro atoms. The predicted molar refractivity (Wildman–Crippen MR) is 111 cm³/mol. The molecule has 0 atom stereocenters. The molecule has 3 rings (SSSR count). The zero-order valence-corrected chi connectivity index (χ0v) is 17.2. The molecule has 3 aromatic rings. The van der Waals surface area contributed by atoms with Crippen LogP contribution in [0.2, 0.25) is 0 Å². The Morgan fingerprint density at radius 1 is 1.27 bits per heavy atom. The van der Waals surface area contributed by atoms with E-state index >= 15 is 0 Å². The third kappa shape index (κ3) is 5.37. The number of halogens is 2. The lowest BCUT2D eigenvalue weighted by Crippen LogP contribution is -2.38. The molecule has 0 aliphatic carbocycles. The Kier molecular flexibility index (Phi) is 7.05. The highest BCUT2D eigenvalue weighted by Gasteiger charge is 2.12. The number of aryl methyl sites for hydroxylation is 1. The highest BCUT2D eigenvalue weighted by Crippen LogP contribution is 2.25. The summed E-state index contributed by atoms with van der Waals surface area (Å²) in [6, 6.07) is 8.70. The van der Waals surface area contributed by atoms with Gasteiger partial charge in [0.05, 0.1) is 12.8 Å². The number of pyridine rings is 1. The summed E-state index contributed by atoms with van der Waals surface area (Å²) >= 11 is 0. The summed E-state index contributed by atoms with van der Waals surface area (Å²) in [6.07, 6.45) is 4.69. The molecule has 160 valence electrons. The molecule has 7 nitrogen and oxygen atoms in total. The second kappa shape index (κ2) is 9.91. The Hall–Kier alpha value is -3.36. The molecule has 0 aliphatic rings. The Balaban J connectivity index is 1.57. The van der Waals surface area contributed by atoms with Crippen LogP contribution in [0.1, 0.15) is 16.8 Å². The van der Waals surface area contributed by atoms with Crippen LogP contribution in [0.15, 0.2) is 47.7 Å². The van der Waals surface area contributed by atoms with E-state index in [1.807, 2.05) is 35.9 Å². The molecule has 2 heterocycles. The number of nitrogens with zero attached hydrogens (tertiary/aromatic N) is 3. The van der Waals surface area contributed by atoms with Crippen molar-refractivity contribution >= 4 is 11.6 Å². The van der Waals surface area contributed by atoms with Crippen LogP contribution < -0.4 is 20.1 Å². The molecule has 0 fully saturated rings. The molecule has 30 heavy (non-hydrogen) atoms. The van der Waals surface area contributed by atoms with Crippen molar-refractivity contribution in [1.29, 1.82) is 0 Å². The van der Waals surface area contributed by atoms with Crippen molar-refractivity contribution in [2.24, 2.45) is 4.99 Å². The first kappa shape index (κ1) is 21.4. The molecular formula is C21H25F2N5O2. The summed E-state index contributed by atoms with van der Waals surface area (Å²) in [7, 11) is 3.16. The van der Waals surface area contributed by atoms with Gasteiger partial charge in [-0.2, -0.15) is 8.78 Å². The van der Waals surface area contributed by atoms with Gasteiger partial charge in [-0.1, -0.05) is 6.07 Å². The van der Waals surface area contributed by atoms with Crippen molar-refractivity contribution in [1.82, 2.24) is 20.0 Å². The zero-order chi connectivity index (χ0) is 21.5. The van der Waals surface area contributed by atoms with E-state index in [1.54, 1.807) is 19.2 Å². The molecule has 0 radical (unpaired) electrons. The minimum Gasteiger partial charge on any atom is -0.497 e. The normalized spacial score (nSPS) is 11.7. The number of hydrogen-bond donors (Lipinski definition) is 2. The molecule has 0 amide bonds. The monoisotopic (exact) mass is 417 g/mol. The minimum atomic E-state index is -2.90. The smallest absolute Gasteiger partial charge is 0.387 e. The van der Waals surface area contributed by atoms with Gasteiger partial charge in [0, 0.05) is 44.5 Å². The van der Waals surface area contributed by atoms with E-state index in [2.05, 4.69) is 25.3 Å². The number of nitrogens with one attached hydrogen (secondary N) is 2. The Morgan fingerprint density at radius 2 is 2.10 bits per heavy atom. The Morgan fingerprint density at radius 3 is 2.80 bits per heavy atom. The molecule has 0 bridgehead atoms. The van der Waals surface area contributed by atoms with Crippen LogP contribution in [0, 0.1) is 6.92 Å². The lowest BCUT2D eigenvalue weighted by Gasteiger charge is -2.15. The third-order valence-electron chi connectivity index (χ3n) is 4.55. The third-order valence-corrected chi connectivity index (χ3v) is 4.55. The van der Waals surface area contributed by atoms with E-state index in [0.29, 0.717) is 30.2 Å². The Bertz CT molecular complexity index is 1020. The van der Waals surface area contributed by atoms with Crippen LogP contribution in [0.5, 0.6) is 11.5 Å².